The summed E-state index contributed by atoms with van der Waals surface area (Å²) in [6, 6.07) is 0. The summed E-state index contributed by atoms with van der Waals surface area (Å²) in [5.74, 6) is -0.548. The van der Waals surface area contributed by atoms with Crippen LogP contribution in [0.2, 0.25) is 0 Å². The van der Waals surface area contributed by atoms with E-state index in [0.29, 0.717) is 62.4 Å². The molecule has 6 fully saturated rings. The first kappa shape index (κ1) is 29.9. The van der Waals surface area contributed by atoms with E-state index in [1.165, 1.54) is 64.2 Å². The van der Waals surface area contributed by atoms with Gasteiger partial charge in [-0.3, -0.25) is 19.2 Å². The van der Waals surface area contributed by atoms with Gasteiger partial charge in [0.2, 0.25) is 11.8 Å². The second-order valence-corrected chi connectivity index (χ2v) is 14.8. The normalized spacial score (nSPS) is 37.4. The summed E-state index contributed by atoms with van der Waals surface area (Å²) in [5.41, 5.74) is -1.53. The summed E-state index contributed by atoms with van der Waals surface area (Å²) >= 11 is 0. The minimum absolute atomic E-state index is 0.0390. The third-order valence-electron chi connectivity index (χ3n) is 12.9. The van der Waals surface area contributed by atoms with Gasteiger partial charge in [-0.2, -0.15) is 0 Å². The van der Waals surface area contributed by atoms with Crippen molar-refractivity contribution in [2.45, 2.75) is 139 Å². The van der Waals surface area contributed by atoms with E-state index < -0.39 is 34.9 Å². The van der Waals surface area contributed by atoms with Crippen molar-refractivity contribution in [1.29, 1.82) is 0 Å². The average Bonchev–Trinajstić information content (AvgIpc) is 3.78. The molecule has 4 aliphatic carbocycles. The third-order valence-corrected chi connectivity index (χ3v) is 12.9. The average molecular weight is 585 g/mol. The SMILES string of the molecule is O=C(O)C1CC(C2CCCCC2)CCC12C(=O)N2CCCCCCN1C(=O)C12CCC(C1CCCCC1)CC2C(=O)O. The highest BCUT2D eigenvalue weighted by molar-refractivity contribution is 6.06. The fraction of sp³-hybridized carbons (Fsp3) is 0.882. The van der Waals surface area contributed by atoms with Crippen molar-refractivity contribution in [3.05, 3.63) is 0 Å². The molecule has 2 saturated heterocycles. The first-order valence-corrected chi connectivity index (χ1v) is 17.4. The Morgan fingerprint density at radius 1 is 0.571 bits per heavy atom. The lowest BCUT2D eigenvalue weighted by molar-refractivity contribution is -0.147. The van der Waals surface area contributed by atoms with Gasteiger partial charge in [0.05, 0.1) is 11.8 Å². The van der Waals surface area contributed by atoms with E-state index in [1.807, 2.05) is 9.80 Å². The highest BCUT2D eigenvalue weighted by atomic mass is 16.4. The van der Waals surface area contributed by atoms with Crippen molar-refractivity contribution < 1.29 is 29.4 Å². The summed E-state index contributed by atoms with van der Waals surface area (Å²) in [6.45, 7) is 1.24. The molecule has 42 heavy (non-hydrogen) atoms. The molecule has 6 rings (SSSR count). The number of aliphatic carboxylic acids is 2. The van der Waals surface area contributed by atoms with Crippen molar-refractivity contribution in [3.8, 4) is 0 Å². The molecule has 0 aromatic heterocycles. The van der Waals surface area contributed by atoms with E-state index in [-0.39, 0.29) is 11.8 Å². The Bertz CT molecular complexity index is 969. The molecule has 2 aliphatic heterocycles. The Balaban J connectivity index is 0.938. The van der Waals surface area contributed by atoms with Crippen LogP contribution in [0.1, 0.15) is 128 Å². The zero-order valence-corrected chi connectivity index (χ0v) is 25.4. The predicted molar refractivity (Wildman–Crippen MR) is 157 cm³/mol. The predicted octanol–water partition coefficient (Wildman–Crippen LogP) is 5.87. The van der Waals surface area contributed by atoms with Crippen molar-refractivity contribution in [2.24, 2.45) is 35.5 Å². The quantitative estimate of drug-likeness (QED) is 0.232. The van der Waals surface area contributed by atoms with Crippen LogP contribution in [0, 0.1) is 35.5 Å². The molecular formula is C34H52N2O6. The monoisotopic (exact) mass is 584 g/mol. The van der Waals surface area contributed by atoms with Crippen LogP contribution in [-0.2, 0) is 19.2 Å². The van der Waals surface area contributed by atoms with Gasteiger partial charge in [-0.05, 0) is 75.0 Å². The van der Waals surface area contributed by atoms with Gasteiger partial charge in [-0.25, -0.2) is 0 Å². The highest BCUT2D eigenvalue weighted by Gasteiger charge is 2.70. The van der Waals surface area contributed by atoms with E-state index in [9.17, 15) is 29.4 Å². The summed E-state index contributed by atoms with van der Waals surface area (Å²) in [7, 11) is 0. The molecule has 2 amide bonds. The maximum atomic E-state index is 13.0. The Hall–Kier alpha value is -2.12. The molecule has 2 spiro atoms. The number of hydrogen-bond acceptors (Lipinski definition) is 4. The molecule has 8 heteroatoms. The lowest BCUT2D eigenvalue weighted by Crippen LogP contribution is -2.43. The molecule has 234 valence electrons. The van der Waals surface area contributed by atoms with Crippen molar-refractivity contribution in [2.75, 3.05) is 13.1 Å². The van der Waals surface area contributed by atoms with Crippen molar-refractivity contribution in [1.82, 2.24) is 9.80 Å². The second-order valence-electron chi connectivity index (χ2n) is 14.8. The maximum Gasteiger partial charge on any atom is 0.309 e. The first-order valence-electron chi connectivity index (χ1n) is 17.4. The van der Waals surface area contributed by atoms with E-state index >= 15 is 0 Å². The molecule has 2 N–H and O–H groups in total. The van der Waals surface area contributed by atoms with Crippen LogP contribution in [0.3, 0.4) is 0 Å². The van der Waals surface area contributed by atoms with Gasteiger partial charge in [0, 0.05) is 13.1 Å². The van der Waals surface area contributed by atoms with Crippen LogP contribution in [0.5, 0.6) is 0 Å². The van der Waals surface area contributed by atoms with Crippen LogP contribution in [-0.4, -0.2) is 67.9 Å². The van der Waals surface area contributed by atoms with E-state index in [4.69, 9.17) is 0 Å². The fourth-order valence-corrected chi connectivity index (χ4v) is 10.4. The molecule has 0 aromatic rings. The molecule has 4 saturated carbocycles. The minimum Gasteiger partial charge on any atom is -0.481 e. The molecule has 6 atom stereocenters. The molecule has 0 radical (unpaired) electrons. The number of carbonyl (C=O) groups excluding carboxylic acids is 2. The van der Waals surface area contributed by atoms with Gasteiger partial charge >= 0.3 is 11.9 Å². The Morgan fingerprint density at radius 3 is 1.31 bits per heavy atom. The van der Waals surface area contributed by atoms with Gasteiger partial charge < -0.3 is 20.0 Å². The number of amides is 2. The molecule has 6 aliphatic rings. The van der Waals surface area contributed by atoms with E-state index in [2.05, 4.69) is 0 Å². The zero-order chi connectivity index (χ0) is 29.5. The van der Waals surface area contributed by atoms with Gasteiger partial charge in [-0.15, -0.1) is 0 Å². The number of carbonyl (C=O) groups is 4. The molecule has 0 aromatic carbocycles. The lowest BCUT2D eigenvalue weighted by atomic mass is 9.66. The molecule has 2 heterocycles. The van der Waals surface area contributed by atoms with Crippen molar-refractivity contribution >= 4 is 23.8 Å². The number of rotatable bonds is 11. The smallest absolute Gasteiger partial charge is 0.309 e. The Kier molecular flexibility index (Phi) is 8.63. The number of carboxylic acids is 2. The van der Waals surface area contributed by atoms with E-state index in [1.54, 1.807) is 0 Å². The molecule has 0 bridgehead atoms. The van der Waals surface area contributed by atoms with E-state index in [0.717, 1.165) is 38.5 Å². The van der Waals surface area contributed by atoms with Crippen LogP contribution < -0.4 is 0 Å². The first-order chi connectivity index (χ1) is 20.3. The third kappa shape index (κ3) is 5.27. The molecular weight excluding hydrogens is 532 g/mol. The molecule has 6 unspecified atom stereocenters. The number of nitrogens with zero attached hydrogens (tertiary/aromatic N) is 2. The summed E-state index contributed by atoms with van der Waals surface area (Å²) in [5, 5.41) is 20.2. The van der Waals surface area contributed by atoms with Gasteiger partial charge in [0.25, 0.3) is 0 Å². The zero-order valence-electron chi connectivity index (χ0n) is 25.4. The van der Waals surface area contributed by atoms with Crippen LogP contribution in [0.25, 0.3) is 0 Å². The standard InChI is InChI=1S/C34H52N2O6/c37-29(38)27-21-25(23-11-5-3-6-12-23)15-17-33(27)31(41)35(33)19-9-1-2-10-20-36-32(42)34(36)18-16-26(22-28(34)30(39)40)24-13-7-4-8-14-24/h23-28H,1-22H2,(H,37,38)(H,39,40). The number of unbranched alkanes of at least 4 members (excludes halogenated alkanes) is 3. The minimum atomic E-state index is -0.809. The lowest BCUT2D eigenvalue weighted by Gasteiger charge is -2.38. The Morgan fingerprint density at radius 2 is 0.952 bits per heavy atom. The number of carboxylic acid groups (broad SMARTS) is 2. The summed E-state index contributed by atoms with van der Waals surface area (Å²) < 4.78 is 0. The van der Waals surface area contributed by atoms with Crippen LogP contribution in [0.4, 0.5) is 0 Å². The largest absolute Gasteiger partial charge is 0.481 e. The summed E-state index contributed by atoms with van der Waals surface area (Å²) in [6.07, 6.45) is 20.6. The maximum absolute atomic E-state index is 13.0. The molecule has 8 nitrogen and oxygen atoms in total. The van der Waals surface area contributed by atoms with Crippen molar-refractivity contribution in [3.63, 3.8) is 0 Å². The topological polar surface area (TPSA) is 115 Å². The number of hydrogen-bond donors (Lipinski definition) is 2. The van der Waals surface area contributed by atoms with Gasteiger partial charge in [0.1, 0.15) is 11.1 Å². The fourth-order valence-electron chi connectivity index (χ4n) is 10.4. The second kappa shape index (κ2) is 12.1. The van der Waals surface area contributed by atoms with Gasteiger partial charge in [0.15, 0.2) is 0 Å². The highest BCUT2D eigenvalue weighted by Crippen LogP contribution is 2.55. The summed E-state index contributed by atoms with van der Waals surface area (Å²) in [4.78, 5) is 54.3. The van der Waals surface area contributed by atoms with Gasteiger partial charge in [-0.1, -0.05) is 77.0 Å². The Labute approximate surface area is 251 Å². The van der Waals surface area contributed by atoms with Crippen LogP contribution >= 0.6 is 0 Å². The van der Waals surface area contributed by atoms with Crippen LogP contribution in [0.15, 0.2) is 0 Å².